The fourth-order valence-corrected chi connectivity index (χ4v) is 7.30. The lowest BCUT2D eigenvalue weighted by Gasteiger charge is -2.31. The molecule has 0 aromatic heterocycles. The molecule has 8 aromatic carbocycles. The van der Waals surface area contributed by atoms with Crippen LogP contribution >= 0.6 is 0 Å². The van der Waals surface area contributed by atoms with Crippen LogP contribution in [0.15, 0.2) is 188 Å². The van der Waals surface area contributed by atoms with Crippen LogP contribution in [0.3, 0.4) is 0 Å². The van der Waals surface area contributed by atoms with Crippen molar-refractivity contribution in [3.63, 3.8) is 0 Å². The van der Waals surface area contributed by atoms with Crippen LogP contribution in [0.25, 0.3) is 55.3 Å². The van der Waals surface area contributed by atoms with Gasteiger partial charge in [-0.15, -0.1) is 0 Å². The summed E-state index contributed by atoms with van der Waals surface area (Å²) in [4.78, 5) is 2.46. The Hall–Kier alpha value is -6.18. The Bertz CT molecular complexity index is 2450. The van der Waals surface area contributed by atoms with Gasteiger partial charge in [0.2, 0.25) is 0 Å². The molecule has 0 saturated heterocycles. The smallest absolute Gasteiger partial charge is 0.0624 e. The molecule has 0 heterocycles. The zero-order chi connectivity index (χ0) is 35.7. The van der Waals surface area contributed by atoms with E-state index in [1.165, 1.54) is 66.4 Å². The van der Waals surface area contributed by atoms with Crippen LogP contribution in [0.4, 0.5) is 17.1 Å². The molecule has 1 nitrogen and oxygen atoms in total. The first-order valence-corrected chi connectivity index (χ1v) is 18.2. The van der Waals surface area contributed by atoms with Crippen molar-refractivity contribution in [2.45, 2.75) is 33.1 Å². The number of nitrogens with zero attached hydrogens (tertiary/aromatic N) is 1. The topological polar surface area (TPSA) is 3.24 Å². The van der Waals surface area contributed by atoms with E-state index < -0.39 is 0 Å². The van der Waals surface area contributed by atoms with Crippen molar-refractivity contribution in [2.24, 2.45) is 0 Å². The lowest BCUT2D eigenvalue weighted by molar-refractivity contribution is 0.590. The molecule has 8 aromatic rings. The van der Waals surface area contributed by atoms with Crippen LogP contribution in [-0.4, -0.2) is 0 Å². The number of fused-ring (bicyclic) bond motifs is 1. The first-order valence-electron chi connectivity index (χ1n) is 18.2. The van der Waals surface area contributed by atoms with Crippen LogP contribution in [0, 0.1) is 6.92 Å². The minimum absolute atomic E-state index is 0.0721. The first kappa shape index (κ1) is 33.0. The molecule has 52 heavy (non-hydrogen) atoms. The van der Waals surface area contributed by atoms with E-state index in [1.54, 1.807) is 0 Å². The van der Waals surface area contributed by atoms with E-state index in [0.717, 1.165) is 17.1 Å². The van der Waals surface area contributed by atoms with Gasteiger partial charge in [0, 0.05) is 22.3 Å². The van der Waals surface area contributed by atoms with Gasteiger partial charge in [-0.1, -0.05) is 184 Å². The van der Waals surface area contributed by atoms with Gasteiger partial charge in [-0.2, -0.15) is 0 Å². The predicted molar refractivity (Wildman–Crippen MR) is 224 cm³/mol. The monoisotopic (exact) mass is 669 g/mol. The van der Waals surface area contributed by atoms with Crippen molar-refractivity contribution in [1.82, 2.24) is 0 Å². The molecule has 0 N–H and O–H groups in total. The van der Waals surface area contributed by atoms with Crippen LogP contribution in [-0.2, 0) is 5.41 Å². The minimum Gasteiger partial charge on any atom is -0.309 e. The van der Waals surface area contributed by atoms with Crippen molar-refractivity contribution >= 4 is 27.8 Å². The molecular formula is C51H43N. The van der Waals surface area contributed by atoms with Crippen LogP contribution < -0.4 is 4.90 Å². The highest BCUT2D eigenvalue weighted by Crippen LogP contribution is 2.50. The molecule has 252 valence electrons. The molecule has 0 bridgehead atoms. The third-order valence-electron chi connectivity index (χ3n) is 10.1. The van der Waals surface area contributed by atoms with Crippen molar-refractivity contribution in [3.05, 3.63) is 199 Å². The summed E-state index contributed by atoms with van der Waals surface area (Å²) in [6, 6.07) is 68.8. The highest BCUT2D eigenvalue weighted by molar-refractivity contribution is 6.11. The zero-order valence-corrected chi connectivity index (χ0v) is 30.3. The molecular weight excluding hydrogens is 627 g/mol. The van der Waals surface area contributed by atoms with E-state index in [0.29, 0.717) is 0 Å². The average molecular weight is 670 g/mol. The van der Waals surface area contributed by atoms with Gasteiger partial charge in [-0.05, 0) is 92.6 Å². The van der Waals surface area contributed by atoms with Crippen molar-refractivity contribution in [1.29, 1.82) is 0 Å². The number of benzene rings is 8. The molecule has 0 unspecified atom stereocenters. The second-order valence-electron chi connectivity index (χ2n) is 14.7. The van der Waals surface area contributed by atoms with Crippen molar-refractivity contribution < 1.29 is 0 Å². The summed E-state index contributed by atoms with van der Waals surface area (Å²) in [7, 11) is 0. The quantitative estimate of drug-likeness (QED) is 0.163. The lowest BCUT2D eigenvalue weighted by Crippen LogP contribution is -2.13. The Morgan fingerprint density at radius 2 is 0.904 bits per heavy atom. The second kappa shape index (κ2) is 13.9. The third kappa shape index (κ3) is 6.54. The molecule has 0 saturated carbocycles. The van der Waals surface area contributed by atoms with E-state index in [2.05, 4.69) is 221 Å². The number of hydrogen-bond acceptors (Lipinski definition) is 1. The third-order valence-corrected chi connectivity index (χ3v) is 10.1. The van der Waals surface area contributed by atoms with Gasteiger partial charge in [0.05, 0.1) is 5.69 Å². The summed E-state index contributed by atoms with van der Waals surface area (Å²) in [6.07, 6.45) is 0. The Kier molecular flexibility index (Phi) is 8.79. The maximum atomic E-state index is 2.46. The molecule has 0 amide bonds. The number of hydrogen-bond donors (Lipinski definition) is 0. The average Bonchev–Trinajstić information content (AvgIpc) is 3.19. The summed E-state index contributed by atoms with van der Waals surface area (Å²) >= 11 is 0. The van der Waals surface area contributed by atoms with Gasteiger partial charge in [-0.3, -0.25) is 0 Å². The van der Waals surface area contributed by atoms with Gasteiger partial charge in [-0.25, -0.2) is 0 Å². The molecule has 0 radical (unpaired) electrons. The van der Waals surface area contributed by atoms with Gasteiger partial charge < -0.3 is 4.90 Å². The summed E-state index contributed by atoms with van der Waals surface area (Å²) < 4.78 is 0. The molecule has 0 spiro atoms. The Morgan fingerprint density at radius 1 is 0.404 bits per heavy atom. The Balaban J connectivity index is 1.41. The number of aryl methyl sites for hydroxylation is 1. The summed E-state index contributed by atoms with van der Waals surface area (Å²) in [5, 5.41) is 2.40. The van der Waals surface area contributed by atoms with E-state index in [9.17, 15) is 0 Å². The largest absolute Gasteiger partial charge is 0.309 e. The van der Waals surface area contributed by atoms with Gasteiger partial charge in [0.25, 0.3) is 0 Å². The number of rotatable bonds is 7. The van der Waals surface area contributed by atoms with E-state index >= 15 is 0 Å². The normalized spacial score (nSPS) is 11.5. The molecule has 1 heteroatoms. The van der Waals surface area contributed by atoms with Gasteiger partial charge in [0.15, 0.2) is 0 Å². The number of anilines is 3. The summed E-state index contributed by atoms with van der Waals surface area (Å²) in [5.74, 6) is 0. The van der Waals surface area contributed by atoms with Crippen LogP contribution in [0.5, 0.6) is 0 Å². The fraction of sp³-hybridized carbons (Fsp3) is 0.0980. The van der Waals surface area contributed by atoms with E-state index in [-0.39, 0.29) is 5.41 Å². The van der Waals surface area contributed by atoms with E-state index in [4.69, 9.17) is 0 Å². The molecule has 0 atom stereocenters. The summed E-state index contributed by atoms with van der Waals surface area (Å²) in [5.41, 5.74) is 15.7. The molecule has 8 rings (SSSR count). The zero-order valence-electron chi connectivity index (χ0n) is 30.3. The maximum Gasteiger partial charge on any atom is 0.0624 e. The minimum atomic E-state index is 0.0721. The summed E-state index contributed by atoms with van der Waals surface area (Å²) in [6.45, 7) is 8.97. The SMILES string of the molecule is Cc1cccc(-c2ccc(N(c3ccc(-c4ccccc4)cc3)c3c(-c4ccccc4)c(-c4ccc(C(C)(C)C)cc4)cc4ccccc34)cc2)c1. The Morgan fingerprint density at radius 3 is 1.50 bits per heavy atom. The maximum absolute atomic E-state index is 2.46. The molecule has 0 aliphatic carbocycles. The predicted octanol–water partition coefficient (Wildman–Crippen LogP) is 14.6. The van der Waals surface area contributed by atoms with Gasteiger partial charge in [0.1, 0.15) is 0 Å². The standard InChI is InChI=1S/C51H43N/c1-36-14-13-20-42(34-36)39-26-32-46(33-27-39)52(45-30-24-38(25-31-45)37-15-7-5-8-16-37)50-47-21-12-11-19-43(47)35-48(49(50)41-17-9-6-10-18-41)40-22-28-44(29-23-40)51(2,3)4/h5-35H,1-4H3. The molecule has 0 fully saturated rings. The lowest BCUT2D eigenvalue weighted by atomic mass is 9.84. The van der Waals surface area contributed by atoms with Gasteiger partial charge >= 0.3 is 0 Å². The first-order chi connectivity index (χ1) is 25.3. The molecule has 0 aliphatic heterocycles. The molecule has 0 aliphatic rings. The Labute approximate surface area is 308 Å². The van der Waals surface area contributed by atoms with Crippen LogP contribution in [0.2, 0.25) is 0 Å². The van der Waals surface area contributed by atoms with Crippen molar-refractivity contribution in [3.8, 4) is 44.5 Å². The fourth-order valence-electron chi connectivity index (χ4n) is 7.30. The van der Waals surface area contributed by atoms with Crippen LogP contribution in [0.1, 0.15) is 31.9 Å². The van der Waals surface area contributed by atoms with Crippen molar-refractivity contribution in [2.75, 3.05) is 4.90 Å². The highest BCUT2D eigenvalue weighted by Gasteiger charge is 2.24. The second-order valence-corrected chi connectivity index (χ2v) is 14.7. The highest BCUT2D eigenvalue weighted by atomic mass is 15.1. The van der Waals surface area contributed by atoms with E-state index in [1.807, 2.05) is 0 Å².